The average Bonchev–Trinajstić information content (AvgIpc) is 2.77. The minimum atomic E-state index is -0.595. The summed E-state index contributed by atoms with van der Waals surface area (Å²) in [6, 6.07) is 15.8. The molecule has 0 aromatic heterocycles. The van der Waals surface area contributed by atoms with Crippen LogP contribution in [0.5, 0.6) is 0 Å². The predicted octanol–water partition coefficient (Wildman–Crippen LogP) is 4.33. The Hall–Kier alpha value is -2.47. The zero-order valence-corrected chi connectivity index (χ0v) is 18.9. The first-order chi connectivity index (χ1) is 14.4. The maximum Gasteiger partial charge on any atom is 0.251 e. The topological polar surface area (TPSA) is 66.5 Å². The molecule has 0 saturated carbocycles. The highest BCUT2D eigenvalue weighted by molar-refractivity contribution is 9.10. The number of ketones is 1. The minimum Gasteiger partial charge on any atom is -0.341 e. The number of carbonyl (C=O) groups excluding carboxylic acids is 3. The number of halogens is 1. The lowest BCUT2D eigenvalue weighted by Crippen LogP contribution is -2.53. The first-order valence-electron chi connectivity index (χ1n) is 10.3. The molecule has 1 aliphatic heterocycles. The molecule has 1 unspecified atom stereocenters. The fourth-order valence-electron chi connectivity index (χ4n) is 3.74. The van der Waals surface area contributed by atoms with Crippen LogP contribution in [0.15, 0.2) is 59.1 Å². The van der Waals surface area contributed by atoms with E-state index in [1.165, 1.54) is 0 Å². The fourth-order valence-corrected chi connectivity index (χ4v) is 4.00. The highest BCUT2D eigenvalue weighted by Crippen LogP contribution is 2.23. The van der Waals surface area contributed by atoms with Gasteiger partial charge in [-0.25, -0.2) is 0 Å². The molecular formula is C24H27BrN2O3. The molecule has 2 aromatic rings. The van der Waals surface area contributed by atoms with Crippen molar-refractivity contribution >= 4 is 33.5 Å². The number of hydrogen-bond acceptors (Lipinski definition) is 3. The van der Waals surface area contributed by atoms with E-state index in [1.54, 1.807) is 29.2 Å². The molecule has 1 atom stereocenters. The van der Waals surface area contributed by atoms with Crippen molar-refractivity contribution < 1.29 is 14.4 Å². The second-order valence-corrected chi connectivity index (χ2v) is 8.95. The Labute approximate surface area is 186 Å². The van der Waals surface area contributed by atoms with Gasteiger partial charge < -0.3 is 10.2 Å². The Kier molecular flexibility index (Phi) is 7.43. The van der Waals surface area contributed by atoms with Crippen molar-refractivity contribution in [2.24, 2.45) is 11.8 Å². The molecule has 0 spiro atoms. The number of benzene rings is 2. The summed E-state index contributed by atoms with van der Waals surface area (Å²) in [6.07, 6.45) is 1.29. The number of hydrogen-bond donors (Lipinski definition) is 1. The van der Waals surface area contributed by atoms with E-state index in [2.05, 4.69) is 21.2 Å². The Morgan fingerprint density at radius 2 is 1.53 bits per heavy atom. The summed E-state index contributed by atoms with van der Waals surface area (Å²) in [5, 5.41) is 2.90. The number of nitrogens with zero attached hydrogens (tertiary/aromatic N) is 1. The van der Waals surface area contributed by atoms with Gasteiger partial charge in [0.15, 0.2) is 5.78 Å². The van der Waals surface area contributed by atoms with Crippen LogP contribution < -0.4 is 5.32 Å². The van der Waals surface area contributed by atoms with E-state index in [4.69, 9.17) is 0 Å². The van der Waals surface area contributed by atoms with E-state index in [1.807, 2.05) is 44.2 Å². The molecule has 1 saturated heterocycles. The van der Waals surface area contributed by atoms with Gasteiger partial charge in [0.2, 0.25) is 5.91 Å². The van der Waals surface area contributed by atoms with Gasteiger partial charge in [-0.05, 0) is 43.0 Å². The van der Waals surface area contributed by atoms with Crippen LogP contribution in [0.1, 0.15) is 47.4 Å². The maximum absolute atomic E-state index is 13.1. The summed E-state index contributed by atoms with van der Waals surface area (Å²) >= 11 is 3.36. The zero-order valence-electron chi connectivity index (χ0n) is 17.3. The lowest BCUT2D eigenvalue weighted by Gasteiger charge is -2.35. The number of Topliss-reactive ketones (excluding diaryl/α,β-unsaturated/α-hetero) is 1. The molecule has 1 aliphatic rings. The van der Waals surface area contributed by atoms with Crippen LogP contribution in [0, 0.1) is 11.8 Å². The number of amides is 2. The van der Waals surface area contributed by atoms with E-state index in [0.717, 1.165) is 10.0 Å². The fraction of sp³-hybridized carbons (Fsp3) is 0.375. The van der Waals surface area contributed by atoms with E-state index >= 15 is 0 Å². The van der Waals surface area contributed by atoms with Crippen LogP contribution in [-0.4, -0.2) is 41.6 Å². The minimum absolute atomic E-state index is 0.0411. The zero-order chi connectivity index (χ0) is 21.7. The lowest BCUT2D eigenvalue weighted by atomic mass is 9.88. The third kappa shape index (κ3) is 5.36. The maximum atomic E-state index is 13.1. The van der Waals surface area contributed by atoms with Crippen LogP contribution in [0.25, 0.3) is 0 Å². The Morgan fingerprint density at radius 3 is 2.10 bits per heavy atom. The molecule has 158 valence electrons. The highest BCUT2D eigenvalue weighted by Gasteiger charge is 2.33. The van der Waals surface area contributed by atoms with Crippen LogP contribution in [0.3, 0.4) is 0 Å². The first-order valence-corrected chi connectivity index (χ1v) is 11.1. The highest BCUT2D eigenvalue weighted by atomic mass is 79.9. The number of likely N-dealkylation sites (tertiary alicyclic amines) is 1. The van der Waals surface area contributed by atoms with Crippen molar-refractivity contribution in [1.82, 2.24) is 10.2 Å². The molecule has 5 nitrogen and oxygen atoms in total. The molecule has 1 N–H and O–H groups in total. The van der Waals surface area contributed by atoms with Crippen molar-refractivity contribution in [1.29, 1.82) is 0 Å². The van der Waals surface area contributed by atoms with Gasteiger partial charge >= 0.3 is 0 Å². The van der Waals surface area contributed by atoms with Crippen molar-refractivity contribution in [3.05, 3.63) is 70.2 Å². The Morgan fingerprint density at radius 1 is 0.933 bits per heavy atom. The molecule has 6 heteroatoms. The SMILES string of the molecule is CC(C)C(NC(=O)c1ccc(Br)cc1)C(=O)N1CCC(C(=O)c2ccccc2)CC1. The van der Waals surface area contributed by atoms with Crippen LogP contribution >= 0.6 is 15.9 Å². The number of carbonyl (C=O) groups is 3. The second-order valence-electron chi connectivity index (χ2n) is 8.03. The summed E-state index contributed by atoms with van der Waals surface area (Å²) in [5.41, 5.74) is 1.24. The quantitative estimate of drug-likeness (QED) is 0.638. The van der Waals surface area contributed by atoms with Crippen molar-refractivity contribution in [3.8, 4) is 0 Å². The van der Waals surface area contributed by atoms with E-state index < -0.39 is 6.04 Å². The molecule has 0 radical (unpaired) electrons. The molecule has 2 amide bonds. The summed E-state index contributed by atoms with van der Waals surface area (Å²) in [6.45, 7) is 4.91. The standard InChI is InChI=1S/C24H27BrN2O3/c1-16(2)21(26-23(29)19-8-10-20(25)11-9-19)24(30)27-14-12-18(13-15-27)22(28)17-6-4-3-5-7-17/h3-11,16,18,21H,12-15H2,1-2H3,(H,26,29). The smallest absolute Gasteiger partial charge is 0.251 e. The molecule has 2 aromatic carbocycles. The van der Waals surface area contributed by atoms with Gasteiger partial charge in [-0.1, -0.05) is 60.1 Å². The van der Waals surface area contributed by atoms with Crippen LogP contribution in [0.4, 0.5) is 0 Å². The van der Waals surface area contributed by atoms with Crippen molar-refractivity contribution in [3.63, 3.8) is 0 Å². The molecular weight excluding hydrogens is 444 g/mol. The van der Waals surface area contributed by atoms with Gasteiger partial charge in [0, 0.05) is 34.6 Å². The molecule has 1 fully saturated rings. The summed E-state index contributed by atoms with van der Waals surface area (Å²) in [4.78, 5) is 40.2. The van der Waals surface area contributed by atoms with Gasteiger partial charge in [0.1, 0.15) is 6.04 Å². The van der Waals surface area contributed by atoms with Gasteiger partial charge in [-0.3, -0.25) is 14.4 Å². The lowest BCUT2D eigenvalue weighted by molar-refractivity contribution is -0.135. The van der Waals surface area contributed by atoms with E-state index in [-0.39, 0.29) is 29.4 Å². The van der Waals surface area contributed by atoms with Crippen LogP contribution in [0.2, 0.25) is 0 Å². The molecule has 0 aliphatic carbocycles. The summed E-state index contributed by atoms with van der Waals surface area (Å²) in [5.74, 6) is -0.303. The third-order valence-corrected chi connectivity index (χ3v) is 6.09. The first kappa shape index (κ1) is 22.2. The Balaban J connectivity index is 1.60. The number of piperidine rings is 1. The molecule has 3 rings (SSSR count). The van der Waals surface area contributed by atoms with Gasteiger partial charge in [0.05, 0.1) is 0 Å². The van der Waals surface area contributed by atoms with Gasteiger partial charge in [0.25, 0.3) is 5.91 Å². The summed E-state index contributed by atoms with van der Waals surface area (Å²) < 4.78 is 0.892. The number of rotatable bonds is 6. The number of nitrogens with one attached hydrogen (secondary N) is 1. The largest absolute Gasteiger partial charge is 0.341 e. The second kappa shape index (κ2) is 10.0. The van der Waals surface area contributed by atoms with Crippen molar-refractivity contribution in [2.45, 2.75) is 32.7 Å². The molecule has 1 heterocycles. The monoisotopic (exact) mass is 470 g/mol. The van der Waals surface area contributed by atoms with Gasteiger partial charge in [-0.2, -0.15) is 0 Å². The normalized spacial score (nSPS) is 15.7. The van der Waals surface area contributed by atoms with Crippen LogP contribution in [-0.2, 0) is 4.79 Å². The average molecular weight is 471 g/mol. The van der Waals surface area contributed by atoms with Crippen molar-refractivity contribution in [2.75, 3.05) is 13.1 Å². The molecule has 0 bridgehead atoms. The molecule has 30 heavy (non-hydrogen) atoms. The van der Waals surface area contributed by atoms with E-state index in [0.29, 0.717) is 31.5 Å². The van der Waals surface area contributed by atoms with Gasteiger partial charge in [-0.15, -0.1) is 0 Å². The predicted molar refractivity (Wildman–Crippen MR) is 120 cm³/mol. The third-order valence-electron chi connectivity index (χ3n) is 5.56. The summed E-state index contributed by atoms with van der Waals surface area (Å²) in [7, 11) is 0. The van der Waals surface area contributed by atoms with E-state index in [9.17, 15) is 14.4 Å². The Bertz CT molecular complexity index is 888.